The average Bonchev–Trinajstić information content (AvgIpc) is 3.94. The van der Waals surface area contributed by atoms with Crippen LogP contribution in [0.1, 0.15) is 252 Å². The van der Waals surface area contributed by atoms with Crippen molar-refractivity contribution in [3.8, 4) is 0 Å². The topological polar surface area (TPSA) is 0 Å². The summed E-state index contributed by atoms with van der Waals surface area (Å²) in [6.07, 6.45) is 15.4. The van der Waals surface area contributed by atoms with E-state index in [2.05, 4.69) is 126 Å². The summed E-state index contributed by atoms with van der Waals surface area (Å²) in [6.45, 7) is 30.3. The van der Waals surface area contributed by atoms with Crippen molar-refractivity contribution in [1.29, 1.82) is 0 Å². The van der Waals surface area contributed by atoms with Gasteiger partial charge in [-0.1, -0.05) is 159 Å². The van der Waals surface area contributed by atoms with Crippen LogP contribution in [0.15, 0.2) is 42.5 Å². The summed E-state index contributed by atoms with van der Waals surface area (Å²) < 4.78 is 0. The molecule has 0 bridgehead atoms. The van der Waals surface area contributed by atoms with Crippen molar-refractivity contribution in [2.24, 2.45) is 23.7 Å². The van der Waals surface area contributed by atoms with Crippen molar-refractivity contribution in [2.75, 3.05) is 0 Å². The highest BCUT2D eigenvalue weighted by molar-refractivity contribution is 7.63. The van der Waals surface area contributed by atoms with Gasteiger partial charge in [0.25, 0.3) is 0 Å². The van der Waals surface area contributed by atoms with Gasteiger partial charge in [0.05, 0.1) is 0 Å². The molecule has 0 heterocycles. The molecule has 0 saturated carbocycles. The lowest BCUT2D eigenvalue weighted by molar-refractivity contribution is 0.357. The Morgan fingerprint density at radius 1 is 0.375 bits per heavy atom. The summed E-state index contributed by atoms with van der Waals surface area (Å²) in [5.41, 5.74) is 14.6. The fourth-order valence-corrected chi connectivity index (χ4v) is 21.5. The molecule has 4 aliphatic rings. The third-order valence-corrected chi connectivity index (χ3v) is 22.7. The fraction of sp³-hybridized carbons (Fsp3) is 0.667. The first kappa shape index (κ1) is 42.3. The van der Waals surface area contributed by atoms with E-state index in [9.17, 15) is 0 Å². The summed E-state index contributed by atoms with van der Waals surface area (Å²) in [5, 5.41) is 5.46. The average molecular weight is 787 g/mol. The Morgan fingerprint density at radius 2 is 0.679 bits per heavy atom. The Bertz CT molecular complexity index is 1770. The largest absolute Gasteiger partial charge is 0.117 e. The lowest BCUT2D eigenvalue weighted by Gasteiger charge is -2.28. The van der Waals surface area contributed by atoms with Crippen LogP contribution in [-0.4, -0.2) is 8.05 Å². The maximum Gasteiger partial charge on any atom is 0.117 e. The van der Waals surface area contributed by atoms with Crippen LogP contribution in [-0.2, 0) is 0 Å². The molecule has 0 aromatic heterocycles. The number of rotatable bonds is 15. The molecule has 0 saturated heterocycles. The van der Waals surface area contributed by atoms with Crippen LogP contribution >= 0.6 is 7.72 Å². The van der Waals surface area contributed by atoms with E-state index in [-0.39, 0.29) is 0 Å². The molecule has 0 aliphatic heterocycles. The number of fused-ring (bicyclic) bond motifs is 4. The van der Waals surface area contributed by atoms with E-state index in [1.54, 1.807) is 35.2 Å². The third kappa shape index (κ3) is 6.40. The number of hydrogen-bond acceptors (Lipinski definition) is 0. The Hall–Kier alpha value is -1.82. The molecule has 0 spiro atoms. The lowest BCUT2D eigenvalue weighted by atomic mass is 9.81. The molecule has 12 unspecified atom stereocenters. The van der Waals surface area contributed by atoms with E-state index in [0.717, 1.165) is 23.7 Å². The van der Waals surface area contributed by atoms with Gasteiger partial charge in [0.15, 0.2) is 0 Å². The fourth-order valence-electron chi connectivity index (χ4n) is 14.9. The molecule has 2 heteroatoms. The first-order chi connectivity index (χ1) is 27.3. The molecule has 304 valence electrons. The van der Waals surface area contributed by atoms with Crippen molar-refractivity contribution in [3.63, 3.8) is 0 Å². The molecule has 0 amide bonds. The van der Waals surface area contributed by atoms with Crippen molar-refractivity contribution in [2.45, 2.75) is 207 Å². The van der Waals surface area contributed by atoms with Gasteiger partial charge in [-0.25, -0.2) is 0 Å². The van der Waals surface area contributed by atoms with Crippen LogP contribution < -0.4 is 15.7 Å². The molecule has 0 N–H and O–H groups in total. The first-order valence-corrected chi connectivity index (χ1v) is 27.6. The van der Waals surface area contributed by atoms with Gasteiger partial charge in [-0.2, -0.15) is 0 Å². The normalized spacial score (nSPS) is 31.8. The summed E-state index contributed by atoms with van der Waals surface area (Å²) in [4.78, 5) is 0. The molecule has 3 aromatic carbocycles. The van der Waals surface area contributed by atoms with E-state index in [0.29, 0.717) is 47.3 Å². The molecule has 7 rings (SSSR count). The Balaban J connectivity index is 1.68. The molecule has 3 aromatic rings. The smallest absolute Gasteiger partial charge is 0.0896 e. The lowest BCUT2D eigenvalue weighted by Crippen LogP contribution is -2.40. The molecule has 0 nitrogen and oxygen atoms in total. The minimum absolute atomic E-state index is 0.680. The van der Waals surface area contributed by atoms with Gasteiger partial charge in [-0.15, -0.1) is 0 Å². The van der Waals surface area contributed by atoms with Gasteiger partial charge in [0.1, 0.15) is 8.05 Å². The SMILES string of the molecule is CCC1c2cc3c(c(P=[Si](c4ccccc4)c4c5c(cc6c4C(CC)C(CC)C6CC)C(CC)C(CC)C5CC)c2C(CC)C1CC)C(CC)C(CC)C3CC. The molecule has 0 radical (unpaired) electrons. The van der Waals surface area contributed by atoms with Crippen LogP contribution in [0.4, 0.5) is 0 Å². The van der Waals surface area contributed by atoms with E-state index in [1.807, 2.05) is 32.7 Å². The van der Waals surface area contributed by atoms with Crippen LogP contribution in [0.3, 0.4) is 0 Å². The summed E-state index contributed by atoms with van der Waals surface area (Å²) >= 11 is 0. The maximum atomic E-state index is 2.88. The molecule has 12 atom stereocenters. The molecular weight excluding hydrogens is 708 g/mol. The monoisotopic (exact) mass is 787 g/mol. The zero-order chi connectivity index (χ0) is 40.0. The van der Waals surface area contributed by atoms with E-state index in [1.165, 1.54) is 77.0 Å². The second-order valence-electron chi connectivity index (χ2n) is 18.7. The van der Waals surface area contributed by atoms with E-state index < -0.39 is 8.05 Å². The van der Waals surface area contributed by atoms with Crippen LogP contribution in [0.25, 0.3) is 0 Å². The quantitative estimate of drug-likeness (QED) is 0.106. The van der Waals surface area contributed by atoms with Gasteiger partial charge in [0.2, 0.25) is 0 Å². The predicted molar refractivity (Wildman–Crippen MR) is 250 cm³/mol. The Labute approximate surface area is 348 Å². The number of benzene rings is 3. The molecule has 0 fully saturated rings. The van der Waals surface area contributed by atoms with Crippen molar-refractivity contribution >= 4 is 31.4 Å². The second kappa shape index (κ2) is 17.8. The first-order valence-electron chi connectivity index (χ1n) is 24.4. The van der Waals surface area contributed by atoms with Gasteiger partial charge >= 0.3 is 0 Å². The third-order valence-electron chi connectivity index (χ3n) is 17.0. The van der Waals surface area contributed by atoms with Gasteiger partial charge < -0.3 is 0 Å². The minimum Gasteiger partial charge on any atom is -0.0896 e. The van der Waals surface area contributed by atoms with Gasteiger partial charge in [-0.05, 0) is 177 Å². The van der Waals surface area contributed by atoms with Crippen molar-refractivity contribution in [1.82, 2.24) is 0 Å². The van der Waals surface area contributed by atoms with Gasteiger partial charge in [0, 0.05) is 5.30 Å². The zero-order valence-corrected chi connectivity index (χ0v) is 39.8. The maximum absolute atomic E-state index is 2.88. The predicted octanol–water partition coefficient (Wildman–Crippen LogP) is 15.2. The molecule has 4 aliphatic carbocycles. The highest BCUT2D eigenvalue weighted by Crippen LogP contribution is 2.59. The van der Waals surface area contributed by atoms with Crippen molar-refractivity contribution in [3.05, 3.63) is 87.0 Å². The molecular formula is C54H79PSi. The Morgan fingerprint density at radius 3 is 0.982 bits per heavy atom. The highest BCUT2D eigenvalue weighted by Gasteiger charge is 2.49. The van der Waals surface area contributed by atoms with E-state index >= 15 is 0 Å². The molecule has 56 heavy (non-hydrogen) atoms. The summed E-state index contributed by atoms with van der Waals surface area (Å²) in [7, 11) is 0.447. The van der Waals surface area contributed by atoms with Crippen LogP contribution in [0.2, 0.25) is 0 Å². The minimum atomic E-state index is -1.24. The van der Waals surface area contributed by atoms with E-state index in [4.69, 9.17) is 0 Å². The number of hydrogen-bond donors (Lipinski definition) is 0. The second-order valence-corrected chi connectivity index (χ2v) is 23.2. The summed E-state index contributed by atoms with van der Waals surface area (Å²) in [5.74, 6) is 8.62. The highest BCUT2D eigenvalue weighted by atomic mass is 31.2. The zero-order valence-electron chi connectivity index (χ0n) is 37.9. The van der Waals surface area contributed by atoms with Crippen LogP contribution in [0.5, 0.6) is 0 Å². The summed E-state index contributed by atoms with van der Waals surface area (Å²) in [6, 6.07) is 18.0. The van der Waals surface area contributed by atoms with Gasteiger partial charge in [-0.3, -0.25) is 0 Å². The van der Waals surface area contributed by atoms with Crippen molar-refractivity contribution < 1.29 is 0 Å². The standard InChI is InChI=1S/C54H79PSi/c1-13-33-37(17-5)45-30-46-38(18-6)34(14-2)42(22-10)50(46)53(49(45)41(33)21-9)55-56(32-28-26-25-27-29-32)54-51-43(23-11)35(15-3)39(19-7)47(51)31-48-40(20-8)36(16-4)44(24-12)52(48)54/h25-31,33-44H,13-24H2,1-12H3. The Kier molecular flexibility index (Phi) is 13.4. The van der Waals surface area contributed by atoms with Crippen LogP contribution in [0, 0.1) is 23.7 Å².